The molecule has 0 aromatic carbocycles. The summed E-state index contributed by atoms with van der Waals surface area (Å²) in [5, 5.41) is 16.5. The van der Waals surface area contributed by atoms with Crippen molar-refractivity contribution < 1.29 is 19.8 Å². The number of amides is 1. The van der Waals surface area contributed by atoms with Gasteiger partial charge in [0.2, 0.25) is 5.91 Å². The summed E-state index contributed by atoms with van der Waals surface area (Å²) in [6, 6.07) is 0. The molecule has 0 aliphatic heterocycles. The van der Waals surface area contributed by atoms with Crippen LogP contribution in [-0.4, -0.2) is 28.7 Å². The topological polar surface area (TPSA) is 101 Å². The van der Waals surface area contributed by atoms with Crippen LogP contribution in [0.2, 0.25) is 0 Å². The predicted molar refractivity (Wildman–Crippen MR) is 113 cm³/mol. The summed E-state index contributed by atoms with van der Waals surface area (Å²) in [6.07, 6.45) is 19.2. The lowest BCUT2D eigenvalue weighted by atomic mass is 10.0. The first-order chi connectivity index (χ1) is 13.0. The fourth-order valence-electron chi connectivity index (χ4n) is 2.92. The molecule has 160 valence electrons. The average molecular weight is 386 g/mol. The Kier molecular flexibility index (Phi) is 23.4. The predicted octanol–water partition coefficient (Wildman–Crippen LogP) is 5.35. The minimum Gasteiger partial charge on any atom is -0.478 e. The maximum Gasteiger partial charge on any atom is 0.331 e. The van der Waals surface area contributed by atoms with Crippen molar-refractivity contribution >= 4 is 11.9 Å². The number of aliphatic carboxylic acids is 1. The normalized spacial score (nSPS) is 11.0. The molecule has 27 heavy (non-hydrogen) atoms. The van der Waals surface area contributed by atoms with E-state index in [0.29, 0.717) is 6.42 Å². The Morgan fingerprint density at radius 1 is 0.741 bits per heavy atom. The highest BCUT2D eigenvalue weighted by Crippen LogP contribution is 2.14. The molecule has 0 aromatic rings. The van der Waals surface area contributed by atoms with Gasteiger partial charge in [-0.2, -0.15) is 0 Å². The molecule has 5 heteroatoms. The number of hydrogen-bond donors (Lipinski definition) is 3. The Bertz CT molecular complexity index is 381. The summed E-state index contributed by atoms with van der Waals surface area (Å²) in [7, 11) is 0. The largest absolute Gasteiger partial charge is 0.478 e. The molecule has 5 nitrogen and oxygen atoms in total. The van der Waals surface area contributed by atoms with Gasteiger partial charge in [0.1, 0.15) is 0 Å². The molecule has 0 saturated heterocycles. The number of carboxylic acid groups (broad SMARTS) is 1. The molecule has 4 N–H and O–H groups in total. The summed E-state index contributed by atoms with van der Waals surface area (Å²) >= 11 is 0. The Morgan fingerprint density at radius 2 is 1.07 bits per heavy atom. The first-order valence-corrected chi connectivity index (χ1v) is 10.8. The maximum absolute atomic E-state index is 10.9. The molecule has 0 aliphatic rings. The summed E-state index contributed by atoms with van der Waals surface area (Å²) in [5.74, 6) is -1.72. The minimum atomic E-state index is -1.04. The van der Waals surface area contributed by atoms with Gasteiger partial charge < -0.3 is 15.9 Å². The zero-order chi connectivity index (χ0) is 20.8. The van der Waals surface area contributed by atoms with Crippen LogP contribution >= 0.6 is 0 Å². The first-order valence-electron chi connectivity index (χ1n) is 10.8. The van der Waals surface area contributed by atoms with Gasteiger partial charge in [-0.3, -0.25) is 4.79 Å². The van der Waals surface area contributed by atoms with E-state index >= 15 is 0 Å². The third-order valence-electron chi connectivity index (χ3n) is 4.39. The average Bonchev–Trinajstić information content (AvgIpc) is 2.61. The smallest absolute Gasteiger partial charge is 0.331 e. The van der Waals surface area contributed by atoms with E-state index in [-0.39, 0.29) is 12.2 Å². The zero-order valence-electron chi connectivity index (χ0n) is 17.7. The van der Waals surface area contributed by atoms with E-state index in [1.54, 1.807) is 6.92 Å². The number of aliphatic hydroxyl groups is 1. The number of unbranched alkanes of at least 4 members (excludes halogenated alkanes) is 13. The highest BCUT2D eigenvalue weighted by Gasteiger charge is 2.08. The molecule has 0 bridgehead atoms. The summed E-state index contributed by atoms with van der Waals surface area (Å²) in [6.45, 7) is 4.18. The second-order valence-electron chi connectivity index (χ2n) is 7.04. The molecule has 0 unspecified atom stereocenters. The van der Waals surface area contributed by atoms with E-state index in [0.717, 1.165) is 25.3 Å². The van der Waals surface area contributed by atoms with E-state index in [4.69, 9.17) is 15.9 Å². The van der Waals surface area contributed by atoms with E-state index in [2.05, 4.69) is 6.92 Å². The van der Waals surface area contributed by atoms with Crippen LogP contribution in [0.15, 0.2) is 11.6 Å². The Hall–Kier alpha value is -1.36. The number of carbonyl (C=O) groups is 2. The molecule has 0 spiro atoms. The number of carboxylic acids is 1. The number of aliphatic hydroxyl groups excluding tert-OH is 1. The van der Waals surface area contributed by atoms with Crippen LogP contribution in [0, 0.1) is 0 Å². The molecule has 0 aliphatic carbocycles. The van der Waals surface area contributed by atoms with Gasteiger partial charge in [0.05, 0.1) is 0 Å². The Morgan fingerprint density at radius 3 is 1.37 bits per heavy atom. The van der Waals surface area contributed by atoms with Gasteiger partial charge in [-0.05, 0) is 19.8 Å². The number of carbonyl (C=O) groups excluding carboxylic acids is 1. The highest BCUT2D eigenvalue weighted by atomic mass is 16.4. The third-order valence-corrected chi connectivity index (χ3v) is 4.39. The van der Waals surface area contributed by atoms with Gasteiger partial charge >= 0.3 is 5.97 Å². The van der Waals surface area contributed by atoms with E-state index in [1.165, 1.54) is 70.6 Å². The number of nitrogens with two attached hydrogens (primary N) is 1. The van der Waals surface area contributed by atoms with Gasteiger partial charge in [0, 0.05) is 18.3 Å². The van der Waals surface area contributed by atoms with Crippen LogP contribution in [0.3, 0.4) is 0 Å². The number of rotatable bonds is 17. The van der Waals surface area contributed by atoms with Crippen LogP contribution < -0.4 is 5.73 Å². The first kappa shape index (κ1) is 27.9. The number of hydrogen-bond acceptors (Lipinski definition) is 3. The van der Waals surface area contributed by atoms with Crippen molar-refractivity contribution in [1.82, 2.24) is 0 Å². The molecule has 0 aromatic heterocycles. The molecular weight excluding hydrogens is 342 g/mol. The van der Waals surface area contributed by atoms with Crippen LogP contribution in [-0.2, 0) is 9.59 Å². The van der Waals surface area contributed by atoms with E-state index in [1.807, 2.05) is 0 Å². The van der Waals surface area contributed by atoms with Crippen molar-refractivity contribution in [2.45, 2.75) is 110 Å². The summed E-state index contributed by atoms with van der Waals surface area (Å²) < 4.78 is 0. The second kappa shape index (κ2) is 22.7. The Labute approximate surface area is 166 Å². The van der Waals surface area contributed by atoms with E-state index < -0.39 is 11.9 Å². The molecular formula is C22H43NO4. The molecule has 0 radical (unpaired) electrons. The van der Waals surface area contributed by atoms with Crippen molar-refractivity contribution in [2.75, 3.05) is 6.61 Å². The van der Waals surface area contributed by atoms with Gasteiger partial charge in [-0.1, -0.05) is 90.4 Å². The van der Waals surface area contributed by atoms with Gasteiger partial charge in [-0.25, -0.2) is 4.79 Å². The van der Waals surface area contributed by atoms with Crippen molar-refractivity contribution in [2.24, 2.45) is 5.73 Å². The van der Waals surface area contributed by atoms with Crippen molar-refractivity contribution in [3.8, 4) is 0 Å². The molecule has 0 fully saturated rings. The zero-order valence-corrected chi connectivity index (χ0v) is 17.7. The van der Waals surface area contributed by atoms with Crippen molar-refractivity contribution in [1.29, 1.82) is 0 Å². The fourth-order valence-corrected chi connectivity index (χ4v) is 2.92. The monoisotopic (exact) mass is 385 g/mol. The lowest BCUT2D eigenvalue weighted by Crippen LogP contribution is -2.11. The second-order valence-corrected chi connectivity index (χ2v) is 7.04. The van der Waals surface area contributed by atoms with Crippen molar-refractivity contribution in [3.63, 3.8) is 0 Å². The number of primary amides is 1. The third kappa shape index (κ3) is 24.6. The maximum atomic E-state index is 10.9. The lowest BCUT2D eigenvalue weighted by molar-refractivity contribution is -0.133. The summed E-state index contributed by atoms with van der Waals surface area (Å²) in [5.41, 5.74) is 5.13. The highest BCUT2D eigenvalue weighted by molar-refractivity contribution is 5.96. The van der Waals surface area contributed by atoms with Gasteiger partial charge in [0.25, 0.3) is 0 Å². The quantitative estimate of drug-likeness (QED) is 0.232. The molecule has 0 atom stereocenters. The van der Waals surface area contributed by atoms with Crippen LogP contribution in [0.5, 0.6) is 0 Å². The standard InChI is InChI=1S/C20H37NO3.C2H6O/c1-2-3-4-5-6-7-8-9-10-11-12-13-14-15-16-18(20(23)24)17-19(21)22;1-2-3/h17H,2-16H2,1H3,(H2,21,22)(H,23,24);3H,2H2,1H3/b18-17-;. The molecule has 0 rings (SSSR count). The van der Waals surface area contributed by atoms with Gasteiger partial charge in [0.15, 0.2) is 0 Å². The van der Waals surface area contributed by atoms with Crippen molar-refractivity contribution in [3.05, 3.63) is 11.6 Å². The minimum absolute atomic E-state index is 0.126. The van der Waals surface area contributed by atoms with Gasteiger partial charge in [-0.15, -0.1) is 0 Å². The van der Waals surface area contributed by atoms with Crippen LogP contribution in [0.1, 0.15) is 110 Å². The molecule has 1 amide bonds. The SMILES string of the molecule is CCCCCCCCCCCCCCCC/C(=C/C(N)=O)C(=O)O.CCO. The van der Waals surface area contributed by atoms with Crippen LogP contribution in [0.4, 0.5) is 0 Å². The van der Waals surface area contributed by atoms with Crippen LogP contribution in [0.25, 0.3) is 0 Å². The summed E-state index contributed by atoms with van der Waals surface area (Å²) in [4.78, 5) is 21.7. The fraction of sp³-hybridized carbons (Fsp3) is 0.818. The molecule has 0 heterocycles. The van der Waals surface area contributed by atoms with E-state index in [9.17, 15) is 9.59 Å². The molecule has 0 saturated carbocycles. The Balaban J connectivity index is 0. The lowest BCUT2D eigenvalue weighted by Gasteiger charge is -2.04.